The van der Waals surface area contributed by atoms with E-state index in [4.69, 9.17) is 9.97 Å². The Morgan fingerprint density at radius 3 is 1.29 bits per heavy atom. The van der Waals surface area contributed by atoms with Gasteiger partial charge in [-0.05, 0) is 114 Å². The van der Waals surface area contributed by atoms with Crippen LogP contribution in [0.3, 0.4) is 0 Å². The van der Waals surface area contributed by atoms with Crippen LogP contribution in [0.15, 0.2) is 182 Å². The molecule has 3 heterocycles. The monoisotopic (exact) mass is 662 g/mol. The predicted octanol–water partition coefficient (Wildman–Crippen LogP) is 12.2. The van der Waals surface area contributed by atoms with E-state index in [0.29, 0.717) is 5.82 Å². The van der Waals surface area contributed by atoms with E-state index in [1.165, 1.54) is 60.0 Å². The Labute approximate surface area is 300 Å². The molecule has 0 aliphatic heterocycles. The molecule has 0 saturated heterocycles. The first-order chi connectivity index (χ1) is 25.8. The Morgan fingerprint density at radius 1 is 0.288 bits per heavy atom. The average Bonchev–Trinajstić information content (AvgIpc) is 3.22. The quantitative estimate of drug-likeness (QED) is 0.172. The molecule has 0 aliphatic carbocycles. The van der Waals surface area contributed by atoms with Gasteiger partial charge in [-0.2, -0.15) is 0 Å². The Kier molecular flexibility index (Phi) is 7.10. The summed E-state index contributed by atoms with van der Waals surface area (Å²) in [4.78, 5) is 19.5. The van der Waals surface area contributed by atoms with Gasteiger partial charge in [0.15, 0.2) is 5.82 Å². The van der Waals surface area contributed by atoms with Gasteiger partial charge in [-0.3, -0.25) is 9.97 Å². The van der Waals surface area contributed by atoms with E-state index in [0.717, 1.165) is 33.7 Å². The maximum absolute atomic E-state index is 5.13. The van der Waals surface area contributed by atoms with Gasteiger partial charge in [0, 0.05) is 18.0 Å². The maximum atomic E-state index is 5.13. The summed E-state index contributed by atoms with van der Waals surface area (Å²) in [6, 6.07) is 59.9. The second-order valence-corrected chi connectivity index (χ2v) is 13.1. The molecule has 0 spiro atoms. The van der Waals surface area contributed by atoms with Crippen molar-refractivity contribution < 1.29 is 0 Å². The number of fused-ring (bicyclic) bond motifs is 4. The van der Waals surface area contributed by atoms with Gasteiger partial charge in [-0.1, -0.05) is 121 Å². The molecular weight excluding hydrogens is 633 g/mol. The van der Waals surface area contributed by atoms with Crippen LogP contribution in [-0.4, -0.2) is 19.9 Å². The van der Waals surface area contributed by atoms with Gasteiger partial charge in [-0.15, -0.1) is 0 Å². The van der Waals surface area contributed by atoms with Gasteiger partial charge in [-0.25, -0.2) is 9.97 Å². The Hall–Kier alpha value is -7.04. The molecule has 7 aromatic carbocycles. The van der Waals surface area contributed by atoms with E-state index in [1.807, 2.05) is 42.5 Å². The normalized spacial score (nSPS) is 11.5. The van der Waals surface area contributed by atoms with Crippen molar-refractivity contribution in [2.24, 2.45) is 0 Å². The molecule has 0 unspecified atom stereocenters. The summed E-state index contributed by atoms with van der Waals surface area (Å²) in [5, 5.41) is 9.59. The smallest absolute Gasteiger partial charge is 0.160 e. The zero-order valence-electron chi connectivity index (χ0n) is 28.1. The highest BCUT2D eigenvalue weighted by Gasteiger charge is 2.19. The Morgan fingerprint density at radius 2 is 0.750 bits per heavy atom. The molecule has 242 valence electrons. The molecular formula is C48H30N4. The van der Waals surface area contributed by atoms with Crippen molar-refractivity contribution in [1.29, 1.82) is 0 Å². The summed E-state index contributed by atoms with van der Waals surface area (Å²) in [6.45, 7) is 0. The van der Waals surface area contributed by atoms with Gasteiger partial charge >= 0.3 is 0 Å². The fraction of sp³-hybridized carbons (Fsp3) is 0. The Bertz CT molecular complexity index is 2900. The SMILES string of the molecule is c1ccc(-c2cc(-c3ccccn3)nc(-c3ccc4c(-c5ccc6ccccc6c5)c5ccccc5c(-c5ccc6ccccc6c5)c4c3)n2)nc1. The third-order valence-electron chi connectivity index (χ3n) is 9.94. The molecule has 10 rings (SSSR count). The van der Waals surface area contributed by atoms with Crippen molar-refractivity contribution in [3.63, 3.8) is 0 Å². The van der Waals surface area contributed by atoms with Crippen LogP contribution in [0.1, 0.15) is 0 Å². The van der Waals surface area contributed by atoms with Gasteiger partial charge in [0.25, 0.3) is 0 Å². The van der Waals surface area contributed by atoms with Crippen LogP contribution < -0.4 is 0 Å². The molecule has 0 atom stereocenters. The number of pyridine rings is 2. The summed E-state index contributed by atoms with van der Waals surface area (Å²) in [5.41, 5.74) is 8.73. The highest BCUT2D eigenvalue weighted by Crippen LogP contribution is 2.45. The highest BCUT2D eigenvalue weighted by atomic mass is 14.9. The van der Waals surface area contributed by atoms with E-state index >= 15 is 0 Å². The molecule has 52 heavy (non-hydrogen) atoms. The van der Waals surface area contributed by atoms with Crippen LogP contribution in [0.4, 0.5) is 0 Å². The molecule has 0 saturated carbocycles. The molecule has 0 fully saturated rings. The summed E-state index contributed by atoms with van der Waals surface area (Å²) >= 11 is 0. The number of rotatable bonds is 5. The number of benzene rings is 7. The van der Waals surface area contributed by atoms with Crippen LogP contribution in [0, 0.1) is 0 Å². The zero-order chi connectivity index (χ0) is 34.4. The number of nitrogens with zero attached hydrogens (tertiary/aromatic N) is 4. The Balaban J connectivity index is 1.29. The first-order valence-electron chi connectivity index (χ1n) is 17.5. The topological polar surface area (TPSA) is 51.6 Å². The van der Waals surface area contributed by atoms with Gasteiger partial charge in [0.2, 0.25) is 0 Å². The first kappa shape index (κ1) is 29.8. The van der Waals surface area contributed by atoms with Crippen molar-refractivity contribution in [2.45, 2.75) is 0 Å². The number of hydrogen-bond acceptors (Lipinski definition) is 4. The van der Waals surface area contributed by atoms with Gasteiger partial charge in [0.1, 0.15) is 0 Å². The lowest BCUT2D eigenvalue weighted by atomic mass is 9.84. The van der Waals surface area contributed by atoms with E-state index < -0.39 is 0 Å². The van der Waals surface area contributed by atoms with Crippen LogP contribution >= 0.6 is 0 Å². The maximum Gasteiger partial charge on any atom is 0.160 e. The lowest BCUT2D eigenvalue weighted by molar-refractivity contribution is 1.15. The molecule has 0 amide bonds. The first-order valence-corrected chi connectivity index (χ1v) is 17.5. The molecule has 0 aliphatic rings. The average molecular weight is 663 g/mol. The van der Waals surface area contributed by atoms with Crippen LogP contribution in [0.25, 0.3) is 99.5 Å². The fourth-order valence-electron chi connectivity index (χ4n) is 7.50. The van der Waals surface area contributed by atoms with E-state index in [9.17, 15) is 0 Å². The molecule has 3 aromatic heterocycles. The molecule has 4 heteroatoms. The van der Waals surface area contributed by atoms with Gasteiger partial charge in [0.05, 0.1) is 22.8 Å². The van der Waals surface area contributed by atoms with E-state index in [1.54, 1.807) is 12.4 Å². The predicted molar refractivity (Wildman–Crippen MR) is 215 cm³/mol. The van der Waals surface area contributed by atoms with Crippen LogP contribution in [0.5, 0.6) is 0 Å². The molecule has 0 radical (unpaired) electrons. The molecule has 4 nitrogen and oxygen atoms in total. The summed E-state index contributed by atoms with van der Waals surface area (Å²) in [6.07, 6.45) is 3.59. The molecule has 0 bridgehead atoms. The van der Waals surface area contributed by atoms with Crippen molar-refractivity contribution in [1.82, 2.24) is 19.9 Å². The number of aromatic nitrogens is 4. The van der Waals surface area contributed by atoms with Crippen LogP contribution in [-0.2, 0) is 0 Å². The van der Waals surface area contributed by atoms with Crippen molar-refractivity contribution >= 4 is 43.1 Å². The standard InChI is InChI=1S/C48H30N4/c1-3-13-33-27-35(21-19-31(33)11-1)46-38-15-5-6-16-39(38)47(36-22-20-32-12-2-4-14-34(32)28-36)41-29-37(23-24-40(41)46)48-51-44(42-17-7-9-25-49-42)30-45(52-48)43-18-8-10-26-50-43/h1-30H. The summed E-state index contributed by atoms with van der Waals surface area (Å²) in [7, 11) is 0. The molecule has 10 aromatic rings. The largest absolute Gasteiger partial charge is 0.255 e. The second kappa shape index (κ2) is 12.4. The van der Waals surface area contributed by atoms with E-state index in [-0.39, 0.29) is 0 Å². The minimum absolute atomic E-state index is 0.621. The third-order valence-corrected chi connectivity index (χ3v) is 9.94. The van der Waals surface area contributed by atoms with Crippen molar-refractivity contribution in [2.75, 3.05) is 0 Å². The van der Waals surface area contributed by atoms with Crippen molar-refractivity contribution in [3.05, 3.63) is 182 Å². The second-order valence-electron chi connectivity index (χ2n) is 13.1. The van der Waals surface area contributed by atoms with Crippen LogP contribution in [0.2, 0.25) is 0 Å². The number of hydrogen-bond donors (Lipinski definition) is 0. The van der Waals surface area contributed by atoms with Crippen molar-refractivity contribution in [3.8, 4) is 56.4 Å². The zero-order valence-corrected chi connectivity index (χ0v) is 28.1. The third kappa shape index (κ3) is 5.17. The minimum Gasteiger partial charge on any atom is -0.255 e. The van der Waals surface area contributed by atoms with Gasteiger partial charge < -0.3 is 0 Å². The minimum atomic E-state index is 0.621. The summed E-state index contributed by atoms with van der Waals surface area (Å²) in [5.74, 6) is 0.621. The van der Waals surface area contributed by atoms with E-state index in [2.05, 4.69) is 137 Å². The molecule has 0 N–H and O–H groups in total. The summed E-state index contributed by atoms with van der Waals surface area (Å²) < 4.78 is 0. The fourth-order valence-corrected chi connectivity index (χ4v) is 7.50. The lowest BCUT2D eigenvalue weighted by Crippen LogP contribution is -1.98. The lowest BCUT2D eigenvalue weighted by Gasteiger charge is -2.19. The highest BCUT2D eigenvalue weighted by molar-refractivity contribution is 6.22.